The maximum atomic E-state index is 9.66. The Morgan fingerprint density at radius 3 is 2.71 bits per heavy atom. The number of hydrogen-bond donors (Lipinski definition) is 1. The van der Waals surface area contributed by atoms with E-state index in [2.05, 4.69) is 11.8 Å². The third-order valence-electron chi connectivity index (χ3n) is 4.37. The number of ether oxygens (including phenoxy) is 2. The maximum Gasteiger partial charge on any atom is 0.161 e. The summed E-state index contributed by atoms with van der Waals surface area (Å²) < 4.78 is 11.1. The van der Waals surface area contributed by atoms with Gasteiger partial charge in [0.25, 0.3) is 0 Å². The minimum absolute atomic E-state index is 0.110. The lowest BCUT2D eigenvalue weighted by Gasteiger charge is -2.26. The van der Waals surface area contributed by atoms with Gasteiger partial charge in [0.1, 0.15) is 6.61 Å². The molecule has 1 aliphatic heterocycles. The van der Waals surface area contributed by atoms with Crippen molar-refractivity contribution in [2.45, 2.75) is 26.2 Å². The third kappa shape index (κ3) is 4.11. The normalized spacial score (nSPS) is 22.4. The van der Waals surface area contributed by atoms with E-state index in [1.807, 2.05) is 24.3 Å². The number of rotatable bonds is 8. The summed E-state index contributed by atoms with van der Waals surface area (Å²) in [7, 11) is 1.66. The second-order valence-electron chi connectivity index (χ2n) is 5.93. The Kier molecular flexibility index (Phi) is 5.88. The van der Waals surface area contributed by atoms with E-state index in [0.717, 1.165) is 50.4 Å². The second-order valence-corrected chi connectivity index (χ2v) is 5.93. The first-order chi connectivity index (χ1) is 10.2. The first-order valence-corrected chi connectivity index (χ1v) is 7.82. The van der Waals surface area contributed by atoms with E-state index in [9.17, 15) is 5.11 Å². The van der Waals surface area contributed by atoms with Gasteiger partial charge in [0.15, 0.2) is 11.5 Å². The molecule has 1 N–H and O–H groups in total. The molecule has 0 spiro atoms. The summed E-state index contributed by atoms with van der Waals surface area (Å²) in [6, 6.07) is 7.72. The van der Waals surface area contributed by atoms with Crippen LogP contribution in [0.3, 0.4) is 0 Å². The molecular formula is C17H27NO3. The highest BCUT2D eigenvalue weighted by Gasteiger charge is 2.36. The molecule has 118 valence electrons. The van der Waals surface area contributed by atoms with Crippen LogP contribution in [-0.2, 0) is 0 Å². The number of benzene rings is 1. The molecule has 1 aromatic rings. The summed E-state index contributed by atoms with van der Waals surface area (Å²) >= 11 is 0. The van der Waals surface area contributed by atoms with Gasteiger partial charge >= 0.3 is 0 Å². The lowest BCUT2D eigenvalue weighted by molar-refractivity contribution is 0.114. The van der Waals surface area contributed by atoms with Crippen LogP contribution in [0.4, 0.5) is 0 Å². The number of aliphatic hydroxyl groups is 1. The zero-order valence-electron chi connectivity index (χ0n) is 13.2. The topological polar surface area (TPSA) is 41.9 Å². The molecule has 1 unspecified atom stereocenters. The van der Waals surface area contributed by atoms with Gasteiger partial charge in [-0.2, -0.15) is 0 Å². The Hall–Kier alpha value is -1.26. The molecule has 1 aliphatic rings. The van der Waals surface area contributed by atoms with Crippen molar-refractivity contribution in [2.24, 2.45) is 5.41 Å². The van der Waals surface area contributed by atoms with Crippen molar-refractivity contribution in [1.82, 2.24) is 4.90 Å². The van der Waals surface area contributed by atoms with E-state index in [0.29, 0.717) is 13.2 Å². The summed E-state index contributed by atoms with van der Waals surface area (Å²) in [5.41, 5.74) is 0.110. The predicted octanol–water partition coefficient (Wildman–Crippen LogP) is 2.56. The fourth-order valence-corrected chi connectivity index (χ4v) is 3.18. The Bertz CT molecular complexity index is 438. The molecule has 0 amide bonds. The fourth-order valence-electron chi connectivity index (χ4n) is 3.18. The highest BCUT2D eigenvalue weighted by molar-refractivity contribution is 5.39. The summed E-state index contributed by atoms with van der Waals surface area (Å²) in [4.78, 5) is 2.39. The monoisotopic (exact) mass is 293 g/mol. The number of aliphatic hydroxyl groups excluding tert-OH is 1. The zero-order valence-corrected chi connectivity index (χ0v) is 13.2. The van der Waals surface area contributed by atoms with Gasteiger partial charge in [-0.1, -0.05) is 25.5 Å². The average molecular weight is 293 g/mol. The van der Waals surface area contributed by atoms with Crippen molar-refractivity contribution in [1.29, 1.82) is 0 Å². The van der Waals surface area contributed by atoms with Crippen molar-refractivity contribution < 1.29 is 14.6 Å². The van der Waals surface area contributed by atoms with Crippen LogP contribution in [0, 0.1) is 5.41 Å². The molecular weight excluding hydrogens is 266 g/mol. The van der Waals surface area contributed by atoms with Gasteiger partial charge in [0.05, 0.1) is 7.11 Å². The molecule has 2 rings (SSSR count). The van der Waals surface area contributed by atoms with Crippen molar-refractivity contribution in [2.75, 3.05) is 40.0 Å². The van der Waals surface area contributed by atoms with Gasteiger partial charge in [-0.3, -0.25) is 4.90 Å². The molecule has 4 nitrogen and oxygen atoms in total. The summed E-state index contributed by atoms with van der Waals surface area (Å²) in [6.07, 6.45) is 3.32. The molecule has 1 aromatic carbocycles. The van der Waals surface area contributed by atoms with Gasteiger partial charge in [0, 0.05) is 25.1 Å². The highest BCUT2D eigenvalue weighted by atomic mass is 16.5. The molecule has 1 atom stereocenters. The molecule has 21 heavy (non-hydrogen) atoms. The molecule has 0 bridgehead atoms. The summed E-state index contributed by atoms with van der Waals surface area (Å²) in [6.45, 7) is 6.05. The molecule has 4 heteroatoms. The highest BCUT2D eigenvalue weighted by Crippen LogP contribution is 2.34. The fraction of sp³-hybridized carbons (Fsp3) is 0.647. The smallest absolute Gasteiger partial charge is 0.161 e. The van der Waals surface area contributed by atoms with Crippen LogP contribution in [0.5, 0.6) is 11.5 Å². The average Bonchev–Trinajstić information content (AvgIpc) is 2.92. The SMILES string of the molecule is CCCC1(CO)CCN(CCOc2ccccc2OC)C1. The van der Waals surface area contributed by atoms with Gasteiger partial charge in [-0.15, -0.1) is 0 Å². The molecule has 1 fully saturated rings. The second kappa shape index (κ2) is 7.66. The Balaban J connectivity index is 1.79. The van der Waals surface area contributed by atoms with E-state index >= 15 is 0 Å². The van der Waals surface area contributed by atoms with Gasteiger partial charge in [-0.25, -0.2) is 0 Å². The minimum atomic E-state index is 0.110. The van der Waals surface area contributed by atoms with Crippen LogP contribution in [0.25, 0.3) is 0 Å². The van der Waals surface area contributed by atoms with Crippen molar-refractivity contribution in [3.05, 3.63) is 24.3 Å². The van der Waals surface area contributed by atoms with Crippen LogP contribution >= 0.6 is 0 Å². The van der Waals surface area contributed by atoms with E-state index in [1.165, 1.54) is 0 Å². The zero-order chi connectivity index (χ0) is 15.1. The van der Waals surface area contributed by atoms with Crippen molar-refractivity contribution >= 4 is 0 Å². The standard InChI is InChI=1S/C17H27NO3/c1-3-8-17(14-19)9-10-18(13-17)11-12-21-16-7-5-4-6-15(16)20-2/h4-7,19H,3,8-14H2,1-2H3. The quantitative estimate of drug-likeness (QED) is 0.800. The number of hydrogen-bond acceptors (Lipinski definition) is 4. The maximum absolute atomic E-state index is 9.66. The third-order valence-corrected chi connectivity index (χ3v) is 4.37. The van der Waals surface area contributed by atoms with Crippen LogP contribution in [-0.4, -0.2) is 50.0 Å². The van der Waals surface area contributed by atoms with Gasteiger partial charge in [0.2, 0.25) is 0 Å². The Labute approximate surface area is 127 Å². The molecule has 0 aliphatic carbocycles. The predicted molar refractivity (Wildman–Crippen MR) is 84.0 cm³/mol. The van der Waals surface area contributed by atoms with Crippen LogP contribution in [0.15, 0.2) is 24.3 Å². The largest absolute Gasteiger partial charge is 0.493 e. The van der Waals surface area contributed by atoms with Gasteiger partial charge in [-0.05, 0) is 31.5 Å². The minimum Gasteiger partial charge on any atom is -0.493 e. The summed E-state index contributed by atoms with van der Waals surface area (Å²) in [5.74, 6) is 1.57. The van der Waals surface area contributed by atoms with E-state index in [-0.39, 0.29) is 5.41 Å². The van der Waals surface area contributed by atoms with E-state index < -0.39 is 0 Å². The summed E-state index contributed by atoms with van der Waals surface area (Å²) in [5, 5.41) is 9.66. The molecule has 1 saturated heterocycles. The van der Waals surface area contributed by atoms with Crippen LogP contribution < -0.4 is 9.47 Å². The first kappa shape index (κ1) is 16.1. The van der Waals surface area contributed by atoms with Crippen molar-refractivity contribution in [3.63, 3.8) is 0 Å². The lowest BCUT2D eigenvalue weighted by atomic mass is 9.83. The number of nitrogens with zero attached hydrogens (tertiary/aromatic N) is 1. The molecule has 0 saturated carbocycles. The Morgan fingerprint density at radius 2 is 2.05 bits per heavy atom. The molecule has 0 radical (unpaired) electrons. The van der Waals surface area contributed by atoms with Crippen LogP contribution in [0.2, 0.25) is 0 Å². The van der Waals surface area contributed by atoms with Gasteiger partial charge < -0.3 is 14.6 Å². The molecule has 0 aromatic heterocycles. The number of likely N-dealkylation sites (tertiary alicyclic amines) is 1. The van der Waals surface area contributed by atoms with E-state index in [4.69, 9.17) is 9.47 Å². The Morgan fingerprint density at radius 1 is 1.29 bits per heavy atom. The number of methoxy groups -OCH3 is 1. The van der Waals surface area contributed by atoms with E-state index in [1.54, 1.807) is 7.11 Å². The lowest BCUT2D eigenvalue weighted by Crippen LogP contribution is -2.32. The number of para-hydroxylation sites is 2. The van der Waals surface area contributed by atoms with Crippen molar-refractivity contribution in [3.8, 4) is 11.5 Å². The van der Waals surface area contributed by atoms with Crippen LogP contribution in [0.1, 0.15) is 26.2 Å². The molecule has 1 heterocycles. The first-order valence-electron chi connectivity index (χ1n) is 7.82.